The molecule has 124 valence electrons. The third-order valence-corrected chi connectivity index (χ3v) is 3.77. The van der Waals surface area contributed by atoms with Crippen LogP contribution in [0.3, 0.4) is 0 Å². The summed E-state index contributed by atoms with van der Waals surface area (Å²) in [6.45, 7) is 3.81. The summed E-state index contributed by atoms with van der Waals surface area (Å²) in [7, 11) is 0. The molecule has 23 heavy (non-hydrogen) atoms. The van der Waals surface area contributed by atoms with E-state index in [-0.39, 0.29) is 37.1 Å². The molecule has 0 spiro atoms. The van der Waals surface area contributed by atoms with E-state index in [9.17, 15) is 4.79 Å². The van der Waals surface area contributed by atoms with Crippen molar-refractivity contribution in [2.75, 3.05) is 12.1 Å². The molecule has 1 aromatic heterocycles. The number of ether oxygens (including phenoxy) is 2. The molecule has 2 aromatic rings. The number of rotatable bonds is 4. The van der Waals surface area contributed by atoms with Crippen molar-refractivity contribution in [3.63, 3.8) is 0 Å². The SMILES string of the molecule is CC(N)C(C)C(=O)Nc1[nH]ncc1-c1ccc2c(c1)OCO2.Cl. The van der Waals surface area contributed by atoms with Crippen LogP contribution in [0.25, 0.3) is 11.1 Å². The number of H-pyrrole nitrogens is 1. The van der Waals surface area contributed by atoms with E-state index >= 15 is 0 Å². The number of carbonyl (C=O) groups is 1. The lowest BCUT2D eigenvalue weighted by molar-refractivity contribution is -0.119. The molecule has 0 aliphatic carbocycles. The van der Waals surface area contributed by atoms with E-state index < -0.39 is 0 Å². The normalized spacial score (nSPS) is 14.7. The van der Waals surface area contributed by atoms with Crippen molar-refractivity contribution >= 4 is 24.1 Å². The van der Waals surface area contributed by atoms with Crippen LogP contribution in [-0.4, -0.2) is 28.9 Å². The molecule has 2 unspecified atom stereocenters. The Hall–Kier alpha value is -2.25. The van der Waals surface area contributed by atoms with Gasteiger partial charge in [-0.3, -0.25) is 9.89 Å². The van der Waals surface area contributed by atoms with Crippen molar-refractivity contribution in [1.82, 2.24) is 10.2 Å². The quantitative estimate of drug-likeness (QED) is 0.792. The predicted octanol–water partition coefficient (Wildman–Crippen LogP) is 2.15. The molecule has 7 nitrogen and oxygen atoms in total. The number of benzene rings is 1. The fourth-order valence-corrected chi connectivity index (χ4v) is 2.14. The van der Waals surface area contributed by atoms with Crippen molar-refractivity contribution < 1.29 is 14.3 Å². The van der Waals surface area contributed by atoms with Gasteiger partial charge in [0.2, 0.25) is 12.7 Å². The smallest absolute Gasteiger partial charge is 0.231 e. The Bertz CT molecular complexity index is 702. The first-order valence-electron chi connectivity index (χ1n) is 7.06. The third kappa shape index (κ3) is 3.40. The van der Waals surface area contributed by atoms with E-state index in [1.54, 1.807) is 20.0 Å². The van der Waals surface area contributed by atoms with Gasteiger partial charge < -0.3 is 20.5 Å². The number of amides is 1. The molecule has 4 N–H and O–H groups in total. The molecule has 1 aromatic carbocycles. The molecule has 1 amide bonds. The minimum atomic E-state index is -0.298. The molecule has 8 heteroatoms. The number of nitrogens with zero attached hydrogens (tertiary/aromatic N) is 1. The number of carbonyl (C=O) groups excluding carboxylic acids is 1. The van der Waals surface area contributed by atoms with Crippen LogP contribution in [0.2, 0.25) is 0 Å². The second-order valence-electron chi connectivity index (χ2n) is 5.36. The van der Waals surface area contributed by atoms with Crippen molar-refractivity contribution in [2.45, 2.75) is 19.9 Å². The largest absolute Gasteiger partial charge is 0.454 e. The number of hydrogen-bond donors (Lipinski definition) is 3. The summed E-state index contributed by atoms with van der Waals surface area (Å²) in [5.74, 6) is 1.48. The highest BCUT2D eigenvalue weighted by molar-refractivity contribution is 5.95. The average molecular weight is 339 g/mol. The van der Waals surface area contributed by atoms with Crippen LogP contribution in [0.1, 0.15) is 13.8 Å². The van der Waals surface area contributed by atoms with Crippen LogP contribution >= 0.6 is 12.4 Å². The second kappa shape index (κ2) is 6.89. The molecular formula is C15H19ClN4O3. The van der Waals surface area contributed by atoms with E-state index in [1.165, 1.54) is 0 Å². The van der Waals surface area contributed by atoms with Crippen molar-refractivity contribution in [3.8, 4) is 22.6 Å². The van der Waals surface area contributed by atoms with Crippen LogP contribution in [-0.2, 0) is 4.79 Å². The molecule has 1 aliphatic heterocycles. The van der Waals surface area contributed by atoms with Crippen LogP contribution < -0.4 is 20.5 Å². The van der Waals surface area contributed by atoms with E-state index in [4.69, 9.17) is 15.2 Å². The lowest BCUT2D eigenvalue weighted by Crippen LogP contribution is -2.34. The standard InChI is InChI=1S/C15H18N4O3.ClH/c1-8(9(2)16)15(20)18-14-11(6-17-19-14)10-3-4-12-13(5-10)22-7-21-12;/h3-6,8-9H,7,16H2,1-2H3,(H2,17,18,19,20);1H. The zero-order valence-corrected chi connectivity index (χ0v) is 13.6. The van der Waals surface area contributed by atoms with Gasteiger partial charge in [0.15, 0.2) is 11.5 Å². The minimum Gasteiger partial charge on any atom is -0.454 e. The van der Waals surface area contributed by atoms with Gasteiger partial charge in [-0.15, -0.1) is 12.4 Å². The van der Waals surface area contributed by atoms with Crippen LogP contribution in [0.4, 0.5) is 5.82 Å². The zero-order valence-electron chi connectivity index (χ0n) is 12.8. The molecule has 2 atom stereocenters. The summed E-state index contributed by atoms with van der Waals surface area (Å²) in [5.41, 5.74) is 7.42. The van der Waals surface area contributed by atoms with Crippen LogP contribution in [0.5, 0.6) is 11.5 Å². The number of aromatic amines is 1. The molecule has 0 saturated heterocycles. The summed E-state index contributed by atoms with van der Waals surface area (Å²) in [6.07, 6.45) is 1.66. The Balaban J connectivity index is 0.00000192. The van der Waals surface area contributed by atoms with Gasteiger partial charge in [0.05, 0.1) is 12.1 Å². The summed E-state index contributed by atoms with van der Waals surface area (Å²) in [4.78, 5) is 12.1. The number of aromatic nitrogens is 2. The van der Waals surface area contributed by atoms with Gasteiger partial charge in [0, 0.05) is 11.6 Å². The monoisotopic (exact) mass is 338 g/mol. The second-order valence-corrected chi connectivity index (χ2v) is 5.36. The third-order valence-electron chi connectivity index (χ3n) is 3.77. The lowest BCUT2D eigenvalue weighted by Gasteiger charge is -2.15. The first kappa shape index (κ1) is 17.1. The number of fused-ring (bicyclic) bond motifs is 1. The Morgan fingerprint density at radius 1 is 1.35 bits per heavy atom. The first-order valence-corrected chi connectivity index (χ1v) is 7.06. The summed E-state index contributed by atoms with van der Waals surface area (Å²) in [6, 6.07) is 5.36. The Morgan fingerprint density at radius 3 is 2.83 bits per heavy atom. The topological polar surface area (TPSA) is 102 Å². The number of anilines is 1. The number of nitrogens with one attached hydrogen (secondary N) is 2. The minimum absolute atomic E-state index is 0. The summed E-state index contributed by atoms with van der Waals surface area (Å²) >= 11 is 0. The van der Waals surface area contributed by atoms with Gasteiger partial charge in [0.1, 0.15) is 5.82 Å². The number of nitrogens with two attached hydrogens (primary N) is 1. The molecule has 0 radical (unpaired) electrons. The lowest BCUT2D eigenvalue weighted by atomic mass is 10.0. The molecule has 0 fully saturated rings. The van der Waals surface area contributed by atoms with Crippen LogP contribution in [0, 0.1) is 5.92 Å². The van der Waals surface area contributed by atoms with Crippen LogP contribution in [0.15, 0.2) is 24.4 Å². The Morgan fingerprint density at radius 2 is 2.09 bits per heavy atom. The fraction of sp³-hybridized carbons (Fsp3) is 0.333. The van der Waals surface area contributed by atoms with Gasteiger partial charge in [-0.05, 0) is 24.6 Å². The summed E-state index contributed by atoms with van der Waals surface area (Å²) in [5, 5.41) is 9.64. The molecule has 3 rings (SSSR count). The van der Waals surface area contributed by atoms with Crippen molar-refractivity contribution in [1.29, 1.82) is 0 Å². The first-order chi connectivity index (χ1) is 10.6. The number of hydrogen-bond acceptors (Lipinski definition) is 5. The van der Waals surface area contributed by atoms with Gasteiger partial charge in [-0.1, -0.05) is 13.0 Å². The van der Waals surface area contributed by atoms with E-state index in [2.05, 4.69) is 15.5 Å². The van der Waals surface area contributed by atoms with E-state index in [1.807, 2.05) is 18.2 Å². The number of halogens is 1. The average Bonchev–Trinajstić information content (AvgIpc) is 3.13. The maximum absolute atomic E-state index is 12.1. The molecule has 0 saturated carbocycles. The molecule has 2 heterocycles. The fourth-order valence-electron chi connectivity index (χ4n) is 2.14. The van der Waals surface area contributed by atoms with E-state index in [0.717, 1.165) is 11.1 Å². The van der Waals surface area contributed by atoms with Gasteiger partial charge >= 0.3 is 0 Å². The Labute approximate surface area is 140 Å². The molecular weight excluding hydrogens is 320 g/mol. The highest BCUT2D eigenvalue weighted by Gasteiger charge is 2.20. The highest BCUT2D eigenvalue weighted by atomic mass is 35.5. The molecule has 0 bridgehead atoms. The van der Waals surface area contributed by atoms with E-state index in [0.29, 0.717) is 17.3 Å². The Kier molecular flexibility index (Phi) is 5.12. The zero-order chi connectivity index (χ0) is 15.7. The van der Waals surface area contributed by atoms with Crippen molar-refractivity contribution in [3.05, 3.63) is 24.4 Å². The summed E-state index contributed by atoms with van der Waals surface area (Å²) < 4.78 is 10.7. The van der Waals surface area contributed by atoms with Gasteiger partial charge in [0.25, 0.3) is 0 Å². The maximum Gasteiger partial charge on any atom is 0.231 e. The van der Waals surface area contributed by atoms with Crippen molar-refractivity contribution in [2.24, 2.45) is 11.7 Å². The predicted molar refractivity (Wildman–Crippen MR) is 88.8 cm³/mol. The van der Waals surface area contributed by atoms with Gasteiger partial charge in [-0.25, -0.2) is 0 Å². The van der Waals surface area contributed by atoms with Gasteiger partial charge in [-0.2, -0.15) is 5.10 Å². The molecule has 1 aliphatic rings. The maximum atomic E-state index is 12.1. The highest BCUT2D eigenvalue weighted by Crippen LogP contribution is 2.37.